The first-order chi connectivity index (χ1) is 15.4. The second-order valence-electron chi connectivity index (χ2n) is 7.86. The molecule has 0 aliphatic carbocycles. The number of para-hydroxylation sites is 2. The number of rotatable bonds is 3. The molecule has 31 heavy (non-hydrogen) atoms. The molecule has 1 aromatic heterocycles. The Labute approximate surface area is 181 Å². The van der Waals surface area contributed by atoms with Crippen LogP contribution in [0.2, 0.25) is 0 Å². The third-order valence-corrected chi connectivity index (χ3v) is 6.01. The lowest BCUT2D eigenvalue weighted by Crippen LogP contribution is -1.93. The van der Waals surface area contributed by atoms with Gasteiger partial charge in [0, 0.05) is 16.5 Å². The summed E-state index contributed by atoms with van der Waals surface area (Å²) in [7, 11) is 0. The zero-order chi connectivity index (χ0) is 20.6. The molecule has 0 saturated carbocycles. The summed E-state index contributed by atoms with van der Waals surface area (Å²) in [5.41, 5.74) is 8.60. The SMILES string of the molecule is c1ccc(-c2cccc(-c3ccc(-n4c5ccccc5c5ccccc54)cc3)c2)cc1. The van der Waals surface area contributed by atoms with Crippen molar-refractivity contribution >= 4 is 21.8 Å². The molecule has 5 aromatic carbocycles. The van der Waals surface area contributed by atoms with Crippen molar-refractivity contribution in [3.63, 3.8) is 0 Å². The minimum absolute atomic E-state index is 1.18. The lowest BCUT2D eigenvalue weighted by Gasteiger charge is -2.10. The van der Waals surface area contributed by atoms with E-state index in [1.807, 2.05) is 0 Å². The fourth-order valence-electron chi connectivity index (χ4n) is 4.51. The van der Waals surface area contributed by atoms with Crippen molar-refractivity contribution in [2.75, 3.05) is 0 Å². The van der Waals surface area contributed by atoms with E-state index in [9.17, 15) is 0 Å². The third-order valence-electron chi connectivity index (χ3n) is 6.01. The first-order valence-corrected chi connectivity index (χ1v) is 10.6. The van der Waals surface area contributed by atoms with Gasteiger partial charge < -0.3 is 4.57 Å². The van der Waals surface area contributed by atoms with Gasteiger partial charge in [-0.2, -0.15) is 0 Å². The Morgan fingerprint density at radius 3 is 1.45 bits per heavy atom. The third kappa shape index (κ3) is 3.03. The monoisotopic (exact) mass is 395 g/mol. The van der Waals surface area contributed by atoms with E-state index in [2.05, 4.69) is 132 Å². The van der Waals surface area contributed by atoms with Crippen molar-refractivity contribution < 1.29 is 0 Å². The van der Waals surface area contributed by atoms with Crippen molar-refractivity contribution in [1.29, 1.82) is 0 Å². The smallest absolute Gasteiger partial charge is 0.0541 e. The van der Waals surface area contributed by atoms with Crippen LogP contribution in [0.25, 0.3) is 49.7 Å². The Morgan fingerprint density at radius 1 is 0.355 bits per heavy atom. The van der Waals surface area contributed by atoms with Gasteiger partial charge in [-0.15, -0.1) is 0 Å². The van der Waals surface area contributed by atoms with Gasteiger partial charge in [0.1, 0.15) is 0 Å². The second kappa shape index (κ2) is 7.30. The Bertz CT molecular complexity index is 1450. The largest absolute Gasteiger partial charge is 0.309 e. The van der Waals surface area contributed by atoms with E-state index in [1.165, 1.54) is 49.7 Å². The van der Waals surface area contributed by atoms with Crippen LogP contribution in [0.4, 0.5) is 0 Å². The summed E-state index contributed by atoms with van der Waals surface area (Å²) >= 11 is 0. The Morgan fingerprint density at radius 2 is 0.839 bits per heavy atom. The fourth-order valence-corrected chi connectivity index (χ4v) is 4.51. The molecule has 146 valence electrons. The van der Waals surface area contributed by atoms with E-state index in [1.54, 1.807) is 0 Å². The van der Waals surface area contributed by atoms with E-state index in [0.717, 1.165) is 0 Å². The molecule has 1 heterocycles. The highest BCUT2D eigenvalue weighted by Crippen LogP contribution is 2.33. The summed E-state index contributed by atoms with van der Waals surface area (Å²) in [6, 6.07) is 45.5. The van der Waals surface area contributed by atoms with Gasteiger partial charge in [-0.1, -0.05) is 97.1 Å². The average Bonchev–Trinajstić information content (AvgIpc) is 3.19. The maximum atomic E-state index is 2.36. The quantitative estimate of drug-likeness (QED) is 0.285. The summed E-state index contributed by atoms with van der Waals surface area (Å²) < 4.78 is 2.36. The first kappa shape index (κ1) is 17.7. The predicted molar refractivity (Wildman–Crippen MR) is 132 cm³/mol. The zero-order valence-corrected chi connectivity index (χ0v) is 17.1. The molecule has 1 heteroatoms. The molecule has 0 unspecified atom stereocenters. The van der Waals surface area contributed by atoms with Crippen LogP contribution in [-0.2, 0) is 0 Å². The highest BCUT2D eigenvalue weighted by Gasteiger charge is 2.11. The first-order valence-electron chi connectivity index (χ1n) is 10.6. The van der Waals surface area contributed by atoms with Crippen LogP contribution in [0.15, 0.2) is 127 Å². The number of hydrogen-bond donors (Lipinski definition) is 0. The van der Waals surface area contributed by atoms with E-state index >= 15 is 0 Å². The fraction of sp³-hybridized carbons (Fsp3) is 0. The number of aromatic nitrogens is 1. The van der Waals surface area contributed by atoms with Crippen LogP contribution < -0.4 is 0 Å². The number of benzene rings is 5. The van der Waals surface area contributed by atoms with Crippen LogP contribution in [0.1, 0.15) is 0 Å². The van der Waals surface area contributed by atoms with Gasteiger partial charge in [0.25, 0.3) is 0 Å². The molecule has 6 rings (SSSR count). The summed E-state index contributed by atoms with van der Waals surface area (Å²) in [6.45, 7) is 0. The molecule has 0 fully saturated rings. The maximum absolute atomic E-state index is 2.36. The lowest BCUT2D eigenvalue weighted by molar-refractivity contribution is 1.18. The maximum Gasteiger partial charge on any atom is 0.0541 e. The second-order valence-corrected chi connectivity index (χ2v) is 7.86. The molecule has 6 aromatic rings. The molecule has 0 amide bonds. The van der Waals surface area contributed by atoms with E-state index in [0.29, 0.717) is 0 Å². The van der Waals surface area contributed by atoms with Gasteiger partial charge in [0.2, 0.25) is 0 Å². The lowest BCUT2D eigenvalue weighted by atomic mass is 9.99. The van der Waals surface area contributed by atoms with Crippen LogP contribution in [0.5, 0.6) is 0 Å². The summed E-state index contributed by atoms with van der Waals surface area (Å²) in [4.78, 5) is 0. The molecule has 0 N–H and O–H groups in total. The van der Waals surface area contributed by atoms with Gasteiger partial charge in [0.05, 0.1) is 11.0 Å². The number of hydrogen-bond acceptors (Lipinski definition) is 0. The van der Waals surface area contributed by atoms with Crippen molar-refractivity contribution in [3.05, 3.63) is 127 Å². The summed E-state index contributed by atoms with van der Waals surface area (Å²) in [6.07, 6.45) is 0. The molecule has 0 aliphatic rings. The highest BCUT2D eigenvalue weighted by atomic mass is 15.0. The zero-order valence-electron chi connectivity index (χ0n) is 17.1. The normalized spacial score (nSPS) is 11.2. The molecule has 0 bridgehead atoms. The minimum atomic E-state index is 1.18. The molecule has 0 saturated heterocycles. The van der Waals surface area contributed by atoms with E-state index in [4.69, 9.17) is 0 Å². The standard InChI is InChI=1S/C30H21N/c1-2-9-22(10-3-1)24-11-8-12-25(21-24)23-17-19-26(20-18-23)31-29-15-6-4-13-27(29)28-14-5-7-16-30(28)31/h1-21H. The molecule has 0 radical (unpaired) electrons. The van der Waals surface area contributed by atoms with E-state index in [-0.39, 0.29) is 0 Å². The average molecular weight is 396 g/mol. The Hall–Kier alpha value is -4.10. The number of nitrogens with zero attached hydrogens (tertiary/aromatic N) is 1. The topological polar surface area (TPSA) is 4.93 Å². The predicted octanol–water partition coefficient (Wildman–Crippen LogP) is 8.12. The van der Waals surface area contributed by atoms with Crippen LogP contribution in [0.3, 0.4) is 0 Å². The van der Waals surface area contributed by atoms with E-state index < -0.39 is 0 Å². The van der Waals surface area contributed by atoms with Gasteiger partial charge in [-0.3, -0.25) is 0 Å². The van der Waals surface area contributed by atoms with Gasteiger partial charge in [0.15, 0.2) is 0 Å². The molecule has 1 nitrogen and oxygen atoms in total. The van der Waals surface area contributed by atoms with Crippen LogP contribution >= 0.6 is 0 Å². The van der Waals surface area contributed by atoms with Gasteiger partial charge in [-0.25, -0.2) is 0 Å². The number of fused-ring (bicyclic) bond motifs is 3. The van der Waals surface area contributed by atoms with Crippen LogP contribution in [-0.4, -0.2) is 4.57 Å². The van der Waals surface area contributed by atoms with Gasteiger partial charge >= 0.3 is 0 Å². The Kier molecular flexibility index (Phi) is 4.18. The molecular weight excluding hydrogens is 374 g/mol. The highest BCUT2D eigenvalue weighted by molar-refractivity contribution is 6.09. The molecule has 0 atom stereocenters. The summed E-state index contributed by atoms with van der Waals surface area (Å²) in [5.74, 6) is 0. The molecule has 0 spiro atoms. The Balaban J connectivity index is 1.45. The minimum Gasteiger partial charge on any atom is -0.309 e. The van der Waals surface area contributed by atoms with Crippen molar-refractivity contribution in [1.82, 2.24) is 4.57 Å². The molecule has 0 aliphatic heterocycles. The van der Waals surface area contributed by atoms with Crippen LogP contribution in [0, 0.1) is 0 Å². The van der Waals surface area contributed by atoms with Crippen molar-refractivity contribution in [2.45, 2.75) is 0 Å². The van der Waals surface area contributed by atoms with Crippen molar-refractivity contribution in [2.24, 2.45) is 0 Å². The van der Waals surface area contributed by atoms with Gasteiger partial charge in [-0.05, 0) is 52.6 Å². The summed E-state index contributed by atoms with van der Waals surface area (Å²) in [5, 5.41) is 2.58. The van der Waals surface area contributed by atoms with Crippen molar-refractivity contribution in [3.8, 4) is 27.9 Å². The molecular formula is C30H21N.